The number of hydrogen-bond donors (Lipinski definition) is 1. The van der Waals surface area contributed by atoms with Crippen molar-refractivity contribution in [2.45, 2.75) is 24.4 Å². The van der Waals surface area contributed by atoms with Crippen LogP contribution in [-0.2, 0) is 11.3 Å². The first kappa shape index (κ1) is 15.7. The van der Waals surface area contributed by atoms with Crippen molar-refractivity contribution in [1.82, 2.24) is 5.32 Å². The van der Waals surface area contributed by atoms with Gasteiger partial charge in [0.2, 0.25) is 0 Å². The van der Waals surface area contributed by atoms with E-state index in [0.717, 1.165) is 12.5 Å². The molecule has 21 heavy (non-hydrogen) atoms. The van der Waals surface area contributed by atoms with Crippen molar-refractivity contribution in [3.63, 3.8) is 0 Å². The van der Waals surface area contributed by atoms with Gasteiger partial charge in [0, 0.05) is 12.1 Å². The number of amides is 1. The van der Waals surface area contributed by atoms with Crippen molar-refractivity contribution in [3.8, 4) is 5.75 Å². The molecule has 1 heterocycles. The van der Waals surface area contributed by atoms with E-state index in [1.54, 1.807) is 24.3 Å². The molecule has 0 saturated heterocycles. The minimum atomic E-state index is -4.65. The maximum atomic E-state index is 12.9. The number of halogens is 3. The second-order valence-electron chi connectivity index (χ2n) is 4.52. The van der Waals surface area contributed by atoms with E-state index < -0.39 is 16.8 Å². The Morgan fingerprint density at radius 3 is 2.62 bits per heavy atom. The van der Waals surface area contributed by atoms with Gasteiger partial charge in [-0.3, -0.25) is 4.79 Å². The Morgan fingerprint density at radius 2 is 2.05 bits per heavy atom. The third kappa shape index (κ3) is 2.99. The first-order valence-corrected chi connectivity index (χ1v) is 6.84. The molecule has 1 aliphatic heterocycles. The molecule has 8 heteroatoms. The SMILES string of the molecule is COc1ccccc1CNC1=NC(=O)[C@](C)(C(F)(F)F)S1. The molecular formula is C13H13F3N2O2S. The second kappa shape index (κ2) is 5.59. The van der Waals surface area contributed by atoms with E-state index >= 15 is 0 Å². The van der Waals surface area contributed by atoms with Crippen LogP contribution >= 0.6 is 11.8 Å². The third-order valence-corrected chi connectivity index (χ3v) is 4.32. The van der Waals surface area contributed by atoms with Gasteiger partial charge in [-0.15, -0.1) is 0 Å². The number of rotatable bonds is 3. The summed E-state index contributed by atoms with van der Waals surface area (Å²) in [7, 11) is 1.50. The second-order valence-corrected chi connectivity index (χ2v) is 5.93. The van der Waals surface area contributed by atoms with Gasteiger partial charge < -0.3 is 10.1 Å². The monoisotopic (exact) mass is 318 g/mol. The molecule has 0 radical (unpaired) electrons. The molecule has 114 valence electrons. The Labute approximate surface area is 123 Å². The summed E-state index contributed by atoms with van der Waals surface area (Å²) in [6, 6.07) is 7.09. The average Bonchev–Trinajstić information content (AvgIpc) is 2.73. The maximum Gasteiger partial charge on any atom is 0.412 e. The Hall–Kier alpha value is -1.70. The van der Waals surface area contributed by atoms with E-state index in [1.165, 1.54) is 7.11 Å². The molecule has 1 atom stereocenters. The van der Waals surface area contributed by atoms with Crippen LogP contribution in [0.4, 0.5) is 13.2 Å². The minimum Gasteiger partial charge on any atom is -0.496 e. The lowest BCUT2D eigenvalue weighted by atomic mass is 10.1. The average molecular weight is 318 g/mol. The number of aliphatic imine (C=N–C) groups is 1. The summed E-state index contributed by atoms with van der Waals surface area (Å²) in [5.41, 5.74) is 0.761. The summed E-state index contributed by atoms with van der Waals surface area (Å²) in [6.07, 6.45) is -4.65. The predicted octanol–water partition coefficient (Wildman–Crippen LogP) is 2.74. The number of thioether (sulfide) groups is 1. The number of ether oxygens (including phenoxy) is 1. The molecule has 0 spiro atoms. The van der Waals surface area contributed by atoms with Crippen molar-refractivity contribution < 1.29 is 22.7 Å². The zero-order valence-electron chi connectivity index (χ0n) is 11.3. The highest BCUT2D eigenvalue weighted by Crippen LogP contribution is 2.45. The molecule has 0 aliphatic carbocycles. The van der Waals surface area contributed by atoms with Crippen LogP contribution in [0.15, 0.2) is 29.3 Å². The molecule has 2 rings (SSSR count). The summed E-state index contributed by atoms with van der Waals surface area (Å²) in [5.74, 6) is -0.582. The molecule has 1 aliphatic rings. The molecule has 0 fully saturated rings. The van der Waals surface area contributed by atoms with Gasteiger partial charge in [-0.25, -0.2) is 0 Å². The lowest BCUT2D eigenvalue weighted by Crippen LogP contribution is -2.43. The van der Waals surface area contributed by atoms with Crippen molar-refractivity contribution in [2.75, 3.05) is 7.11 Å². The molecule has 1 N–H and O–H groups in total. The summed E-state index contributed by atoms with van der Waals surface area (Å²) >= 11 is 0.384. The van der Waals surface area contributed by atoms with Gasteiger partial charge in [-0.05, 0) is 13.0 Å². The first-order valence-electron chi connectivity index (χ1n) is 6.02. The molecule has 0 aromatic heterocycles. The number of benzene rings is 1. The van der Waals surface area contributed by atoms with Gasteiger partial charge in [-0.2, -0.15) is 18.2 Å². The lowest BCUT2D eigenvalue weighted by molar-refractivity contribution is -0.165. The van der Waals surface area contributed by atoms with E-state index in [9.17, 15) is 18.0 Å². The van der Waals surface area contributed by atoms with Crippen molar-refractivity contribution in [2.24, 2.45) is 4.99 Å². The number of para-hydroxylation sites is 1. The molecule has 1 amide bonds. The maximum absolute atomic E-state index is 12.9. The van der Waals surface area contributed by atoms with Gasteiger partial charge in [-0.1, -0.05) is 30.0 Å². The number of carbonyl (C=O) groups excluding carboxylic acids is 1. The summed E-state index contributed by atoms with van der Waals surface area (Å²) in [4.78, 5) is 14.9. The van der Waals surface area contributed by atoms with E-state index in [0.29, 0.717) is 17.5 Å². The zero-order chi connectivity index (χ0) is 15.7. The number of methoxy groups -OCH3 is 1. The summed E-state index contributed by atoms with van der Waals surface area (Å²) in [6.45, 7) is 1.05. The normalized spacial score (nSPS) is 22.1. The topological polar surface area (TPSA) is 50.7 Å². The fourth-order valence-electron chi connectivity index (χ4n) is 1.73. The highest BCUT2D eigenvalue weighted by atomic mass is 32.2. The number of nitrogens with zero attached hydrogens (tertiary/aromatic N) is 1. The van der Waals surface area contributed by atoms with E-state index in [4.69, 9.17) is 4.74 Å². The van der Waals surface area contributed by atoms with Crippen molar-refractivity contribution in [3.05, 3.63) is 29.8 Å². The van der Waals surface area contributed by atoms with Gasteiger partial charge in [0.25, 0.3) is 5.91 Å². The molecule has 1 aromatic rings. The van der Waals surface area contributed by atoms with E-state index in [2.05, 4.69) is 10.3 Å². The Balaban J connectivity index is 2.06. The Bertz CT molecular complexity index is 589. The van der Waals surface area contributed by atoms with Crippen LogP contribution in [0, 0.1) is 0 Å². The molecular weight excluding hydrogens is 305 g/mol. The van der Waals surface area contributed by atoms with Crippen LogP contribution in [-0.4, -0.2) is 29.1 Å². The molecule has 0 saturated carbocycles. The van der Waals surface area contributed by atoms with Crippen LogP contribution < -0.4 is 10.1 Å². The van der Waals surface area contributed by atoms with Gasteiger partial charge in [0.05, 0.1) is 7.11 Å². The number of nitrogens with one attached hydrogen (secondary N) is 1. The van der Waals surface area contributed by atoms with Gasteiger partial charge >= 0.3 is 6.18 Å². The fourth-order valence-corrected chi connectivity index (χ4v) is 2.64. The highest BCUT2D eigenvalue weighted by molar-refractivity contribution is 8.16. The molecule has 4 nitrogen and oxygen atoms in total. The van der Waals surface area contributed by atoms with Gasteiger partial charge in [0.1, 0.15) is 5.75 Å². The zero-order valence-corrected chi connectivity index (χ0v) is 12.1. The van der Waals surface area contributed by atoms with Crippen LogP contribution in [0.5, 0.6) is 5.75 Å². The Kier molecular flexibility index (Phi) is 4.18. The number of hydrogen-bond acceptors (Lipinski definition) is 4. The van der Waals surface area contributed by atoms with Crippen molar-refractivity contribution >= 4 is 22.8 Å². The summed E-state index contributed by atoms with van der Waals surface area (Å²) in [5, 5.41) is 2.71. The third-order valence-electron chi connectivity index (χ3n) is 3.08. The largest absolute Gasteiger partial charge is 0.496 e. The fraction of sp³-hybridized carbons (Fsp3) is 0.385. The van der Waals surface area contributed by atoms with Gasteiger partial charge in [0.15, 0.2) is 9.91 Å². The highest BCUT2D eigenvalue weighted by Gasteiger charge is 2.61. The quantitative estimate of drug-likeness (QED) is 0.931. The first-order chi connectivity index (χ1) is 9.78. The minimum absolute atomic E-state index is 0.0364. The molecule has 0 unspecified atom stereocenters. The van der Waals surface area contributed by atoms with E-state index in [-0.39, 0.29) is 11.7 Å². The smallest absolute Gasteiger partial charge is 0.412 e. The number of carbonyl (C=O) groups is 1. The van der Waals surface area contributed by atoms with Crippen LogP contribution in [0.3, 0.4) is 0 Å². The van der Waals surface area contributed by atoms with Crippen LogP contribution in [0.25, 0.3) is 0 Å². The van der Waals surface area contributed by atoms with Crippen LogP contribution in [0.1, 0.15) is 12.5 Å². The molecule has 0 bridgehead atoms. The molecule has 1 aromatic carbocycles. The number of alkyl halides is 3. The summed E-state index contributed by atoms with van der Waals surface area (Å²) < 4.78 is 41.3. The number of amidine groups is 1. The van der Waals surface area contributed by atoms with Crippen molar-refractivity contribution in [1.29, 1.82) is 0 Å². The predicted molar refractivity (Wildman–Crippen MR) is 74.3 cm³/mol. The van der Waals surface area contributed by atoms with E-state index in [1.807, 2.05) is 0 Å². The lowest BCUT2D eigenvalue weighted by Gasteiger charge is -2.23. The van der Waals surface area contributed by atoms with Crippen LogP contribution in [0.2, 0.25) is 0 Å². The standard InChI is InChI=1S/C13H13F3N2O2S/c1-12(13(14,15)16)10(19)18-11(21-12)17-7-8-5-3-4-6-9(8)20-2/h3-6H,7H2,1-2H3,(H,17,18,19)/t12-/m1/s1. The Morgan fingerprint density at radius 1 is 1.38 bits per heavy atom.